The summed E-state index contributed by atoms with van der Waals surface area (Å²) in [6, 6.07) is 1.44. The molecule has 0 saturated carbocycles. The summed E-state index contributed by atoms with van der Waals surface area (Å²) in [6.45, 7) is -0.419. The van der Waals surface area contributed by atoms with E-state index in [2.05, 4.69) is 20.9 Å². The lowest BCUT2D eigenvalue weighted by atomic mass is 10.3. The van der Waals surface area contributed by atoms with Crippen molar-refractivity contribution in [3.05, 3.63) is 26.9 Å². The number of aromatic nitrogens is 1. The number of halogens is 3. The van der Waals surface area contributed by atoms with Crippen LogP contribution in [0.3, 0.4) is 0 Å². The molecular formula is C9H8BrF2N3O2. The first kappa shape index (κ1) is 12.2. The molecule has 1 aliphatic rings. The fraction of sp³-hybridized carbons (Fsp3) is 0.444. The average molecular weight is 308 g/mol. The average Bonchev–Trinajstić information content (AvgIpc) is 2.58. The molecule has 17 heavy (non-hydrogen) atoms. The van der Waals surface area contributed by atoms with Gasteiger partial charge in [-0.25, -0.2) is 8.78 Å². The number of hydrogen-bond acceptors (Lipinski definition) is 4. The molecule has 0 spiro atoms. The van der Waals surface area contributed by atoms with Gasteiger partial charge in [-0.05, 0) is 31.9 Å². The van der Waals surface area contributed by atoms with Gasteiger partial charge in [0, 0.05) is 13.0 Å². The molecular weight excluding hydrogens is 300 g/mol. The molecule has 1 fully saturated rings. The number of pyridine rings is 1. The summed E-state index contributed by atoms with van der Waals surface area (Å²) in [4.78, 5) is 15.0. The SMILES string of the molecule is O=[N+]([O-])c1ncc(Br)cc1N1CCC(F)(F)C1. The maximum atomic E-state index is 13.1. The number of alkyl halides is 2. The predicted molar refractivity (Wildman–Crippen MR) is 60.4 cm³/mol. The highest BCUT2D eigenvalue weighted by Gasteiger charge is 2.40. The Bertz CT molecular complexity index is 470. The van der Waals surface area contributed by atoms with Gasteiger partial charge in [-0.3, -0.25) is 0 Å². The number of nitrogens with zero attached hydrogens (tertiary/aromatic N) is 3. The van der Waals surface area contributed by atoms with Gasteiger partial charge >= 0.3 is 5.82 Å². The molecule has 2 heterocycles. The summed E-state index contributed by atoms with van der Waals surface area (Å²) >= 11 is 3.12. The van der Waals surface area contributed by atoms with Crippen LogP contribution in [-0.4, -0.2) is 28.9 Å². The fourth-order valence-corrected chi connectivity index (χ4v) is 2.06. The van der Waals surface area contributed by atoms with Crippen LogP contribution >= 0.6 is 15.9 Å². The molecule has 0 unspecified atom stereocenters. The standard InChI is InChI=1S/C9H8BrF2N3O2/c10-6-3-7(8(13-4-6)15(16)17)14-2-1-9(11,12)5-14/h3-4H,1-2,5H2. The van der Waals surface area contributed by atoms with Crippen LogP contribution in [0.1, 0.15) is 6.42 Å². The van der Waals surface area contributed by atoms with Crippen LogP contribution < -0.4 is 4.90 Å². The second kappa shape index (κ2) is 4.17. The summed E-state index contributed by atoms with van der Waals surface area (Å²) in [6.07, 6.45) is 0.979. The first-order valence-corrected chi connectivity index (χ1v) is 5.61. The molecule has 0 amide bonds. The van der Waals surface area contributed by atoms with Crippen molar-refractivity contribution >= 4 is 27.4 Å². The number of nitro groups is 1. The third-order valence-corrected chi connectivity index (χ3v) is 2.93. The monoisotopic (exact) mass is 307 g/mol. The van der Waals surface area contributed by atoms with E-state index in [1.54, 1.807) is 0 Å². The van der Waals surface area contributed by atoms with Crippen molar-refractivity contribution in [2.45, 2.75) is 12.3 Å². The second-order valence-corrected chi connectivity index (χ2v) is 4.70. The Morgan fingerprint density at radius 2 is 2.29 bits per heavy atom. The van der Waals surface area contributed by atoms with Gasteiger partial charge < -0.3 is 15.0 Å². The third kappa shape index (κ3) is 2.51. The van der Waals surface area contributed by atoms with E-state index in [0.29, 0.717) is 4.47 Å². The van der Waals surface area contributed by atoms with Crippen LogP contribution in [0.5, 0.6) is 0 Å². The predicted octanol–water partition coefficient (Wildman–Crippen LogP) is 2.60. The van der Waals surface area contributed by atoms with E-state index in [-0.39, 0.29) is 18.7 Å². The molecule has 5 nitrogen and oxygen atoms in total. The maximum absolute atomic E-state index is 13.1. The first-order chi connectivity index (χ1) is 7.89. The lowest BCUT2D eigenvalue weighted by Crippen LogP contribution is -2.25. The zero-order valence-corrected chi connectivity index (χ0v) is 10.2. The van der Waals surface area contributed by atoms with E-state index in [4.69, 9.17) is 0 Å². The molecule has 0 bridgehead atoms. The normalized spacial score (nSPS) is 18.4. The summed E-state index contributed by atoms with van der Waals surface area (Å²) in [5.41, 5.74) is 0.126. The molecule has 92 valence electrons. The van der Waals surface area contributed by atoms with Gasteiger partial charge in [0.1, 0.15) is 5.69 Å². The van der Waals surface area contributed by atoms with Crippen molar-refractivity contribution in [2.24, 2.45) is 0 Å². The molecule has 0 aliphatic carbocycles. The van der Waals surface area contributed by atoms with Crippen LogP contribution in [0.4, 0.5) is 20.3 Å². The van der Waals surface area contributed by atoms with Crippen molar-refractivity contribution in [2.75, 3.05) is 18.0 Å². The zero-order chi connectivity index (χ0) is 12.6. The first-order valence-electron chi connectivity index (χ1n) is 4.82. The van der Waals surface area contributed by atoms with Gasteiger partial charge in [-0.2, -0.15) is 0 Å². The minimum atomic E-state index is -2.80. The molecule has 0 atom stereocenters. The van der Waals surface area contributed by atoms with E-state index < -0.39 is 23.2 Å². The molecule has 1 saturated heterocycles. The van der Waals surface area contributed by atoms with Gasteiger partial charge in [-0.1, -0.05) is 0 Å². The third-order valence-electron chi connectivity index (χ3n) is 2.50. The minimum Gasteiger partial charge on any atom is -0.358 e. The summed E-state index contributed by atoms with van der Waals surface area (Å²) < 4.78 is 26.7. The lowest BCUT2D eigenvalue weighted by molar-refractivity contribution is -0.388. The Labute approximate surface area is 104 Å². The van der Waals surface area contributed by atoms with E-state index in [9.17, 15) is 18.9 Å². The van der Waals surface area contributed by atoms with Crippen LogP contribution in [-0.2, 0) is 0 Å². The number of hydrogen-bond donors (Lipinski definition) is 0. The largest absolute Gasteiger partial charge is 0.387 e. The second-order valence-electron chi connectivity index (χ2n) is 3.78. The van der Waals surface area contributed by atoms with Crippen molar-refractivity contribution in [3.8, 4) is 0 Å². The Morgan fingerprint density at radius 1 is 1.59 bits per heavy atom. The highest BCUT2D eigenvalue weighted by molar-refractivity contribution is 9.10. The van der Waals surface area contributed by atoms with Crippen molar-refractivity contribution in [1.82, 2.24) is 4.98 Å². The minimum absolute atomic E-state index is 0.0893. The quantitative estimate of drug-likeness (QED) is 0.622. The van der Waals surface area contributed by atoms with Crippen LogP contribution in [0.25, 0.3) is 0 Å². The Hall–Kier alpha value is -1.31. The molecule has 0 N–H and O–H groups in total. The van der Waals surface area contributed by atoms with Crippen LogP contribution in [0, 0.1) is 10.1 Å². The lowest BCUT2D eigenvalue weighted by Gasteiger charge is -2.17. The molecule has 8 heteroatoms. The maximum Gasteiger partial charge on any atom is 0.387 e. The summed E-state index contributed by atoms with van der Waals surface area (Å²) in [5, 5.41) is 10.8. The van der Waals surface area contributed by atoms with Crippen molar-refractivity contribution < 1.29 is 13.7 Å². The van der Waals surface area contributed by atoms with Crippen molar-refractivity contribution in [3.63, 3.8) is 0 Å². The fourth-order valence-electron chi connectivity index (χ4n) is 1.74. The Morgan fingerprint density at radius 3 is 2.82 bits per heavy atom. The van der Waals surface area contributed by atoms with Gasteiger partial charge in [0.05, 0.1) is 11.0 Å². The zero-order valence-electron chi connectivity index (χ0n) is 8.57. The molecule has 1 aromatic rings. The molecule has 0 aromatic carbocycles. The van der Waals surface area contributed by atoms with E-state index in [1.165, 1.54) is 17.2 Å². The summed E-state index contributed by atoms with van der Waals surface area (Å²) in [5.74, 6) is -3.19. The molecule has 2 rings (SSSR count). The van der Waals surface area contributed by atoms with E-state index in [0.717, 1.165) is 0 Å². The van der Waals surface area contributed by atoms with Gasteiger partial charge in [0.25, 0.3) is 5.92 Å². The van der Waals surface area contributed by atoms with Gasteiger partial charge in [0.15, 0.2) is 6.20 Å². The topological polar surface area (TPSA) is 59.3 Å². The molecule has 1 aromatic heterocycles. The van der Waals surface area contributed by atoms with Gasteiger partial charge in [-0.15, -0.1) is 0 Å². The van der Waals surface area contributed by atoms with Crippen LogP contribution in [0.2, 0.25) is 0 Å². The highest BCUT2D eigenvalue weighted by Crippen LogP contribution is 2.35. The van der Waals surface area contributed by atoms with Crippen LogP contribution in [0.15, 0.2) is 16.7 Å². The van der Waals surface area contributed by atoms with Crippen molar-refractivity contribution in [1.29, 1.82) is 0 Å². The molecule has 1 aliphatic heterocycles. The highest BCUT2D eigenvalue weighted by atomic mass is 79.9. The molecule has 0 radical (unpaired) electrons. The summed E-state index contributed by atoms with van der Waals surface area (Å²) in [7, 11) is 0. The number of rotatable bonds is 2. The number of anilines is 1. The van der Waals surface area contributed by atoms with E-state index in [1.807, 2.05) is 0 Å². The van der Waals surface area contributed by atoms with Gasteiger partial charge in [0.2, 0.25) is 0 Å². The Balaban J connectivity index is 2.38. The van der Waals surface area contributed by atoms with E-state index >= 15 is 0 Å². The Kier molecular flexibility index (Phi) is 2.98. The smallest absolute Gasteiger partial charge is 0.358 e.